The van der Waals surface area contributed by atoms with Crippen molar-refractivity contribution in [2.24, 2.45) is 5.73 Å². The molecule has 0 fully saturated rings. The van der Waals surface area contributed by atoms with Gasteiger partial charge in [0.15, 0.2) is 0 Å². The van der Waals surface area contributed by atoms with Crippen LogP contribution in [-0.2, 0) is 19.2 Å². The molecule has 9 nitrogen and oxygen atoms in total. The zero-order valence-electron chi connectivity index (χ0n) is 30.7. The lowest BCUT2D eigenvalue weighted by molar-refractivity contribution is -0.393. The first-order chi connectivity index (χ1) is 22.7. The number of hydrogen-bond donors (Lipinski definition) is 5. The van der Waals surface area contributed by atoms with Gasteiger partial charge in [0.1, 0.15) is 0 Å². The van der Waals surface area contributed by atoms with E-state index >= 15 is 0 Å². The minimum atomic E-state index is -3.37. The van der Waals surface area contributed by atoms with Gasteiger partial charge in [-0.2, -0.15) is 0 Å². The molecule has 0 aromatic carbocycles. The molecule has 0 aliphatic heterocycles. The molecule has 47 heavy (non-hydrogen) atoms. The van der Waals surface area contributed by atoms with Crippen molar-refractivity contribution in [3.8, 4) is 0 Å². The number of ether oxygens (including phenoxy) is 1. The Bertz CT molecular complexity index is 718. The Balaban J connectivity index is 3.75. The van der Waals surface area contributed by atoms with Gasteiger partial charge < -0.3 is 24.9 Å². The normalized spacial score (nSPS) is 13.1. The molecule has 0 aliphatic rings. The van der Waals surface area contributed by atoms with Gasteiger partial charge in [-0.05, 0) is 12.8 Å². The van der Waals surface area contributed by atoms with Gasteiger partial charge in [0.05, 0.1) is 0 Å². The third kappa shape index (κ3) is 29.4. The third-order valence-corrected chi connectivity index (χ3v) is 9.05. The van der Waals surface area contributed by atoms with Gasteiger partial charge in [-0.15, -0.1) is 0 Å². The lowest BCUT2D eigenvalue weighted by Crippen LogP contribution is -2.70. The van der Waals surface area contributed by atoms with Crippen molar-refractivity contribution in [2.75, 3.05) is 0 Å². The second kappa shape index (κ2) is 32.0. The number of nitrogens with one attached hydrogen (secondary N) is 1. The average molecular weight is 673 g/mol. The average Bonchev–Trinajstić information content (AvgIpc) is 3.03. The van der Waals surface area contributed by atoms with Gasteiger partial charge in [0.25, 0.3) is 0 Å². The van der Waals surface area contributed by atoms with E-state index in [1.807, 2.05) is 0 Å². The van der Waals surface area contributed by atoms with Crippen molar-refractivity contribution in [2.45, 2.75) is 231 Å². The number of hydroxylamine groups is 1. The van der Waals surface area contributed by atoms with Crippen molar-refractivity contribution < 1.29 is 34.5 Å². The summed E-state index contributed by atoms with van der Waals surface area (Å²) in [5.41, 5.74) is 7.07. The van der Waals surface area contributed by atoms with E-state index in [1.54, 1.807) is 5.48 Å². The number of rotatable bonds is 36. The summed E-state index contributed by atoms with van der Waals surface area (Å²) in [7, 11) is 0. The fourth-order valence-corrected chi connectivity index (χ4v) is 5.83. The van der Waals surface area contributed by atoms with Gasteiger partial charge in [-0.3, -0.25) is 15.3 Å². The van der Waals surface area contributed by atoms with Crippen LogP contribution in [0.5, 0.6) is 0 Å². The van der Waals surface area contributed by atoms with Crippen LogP contribution in [0.1, 0.15) is 219 Å². The van der Waals surface area contributed by atoms with Gasteiger partial charge >= 0.3 is 23.8 Å². The molecule has 280 valence electrons. The number of nitrogens with two attached hydrogens (primary N) is 1. The van der Waals surface area contributed by atoms with Crippen molar-refractivity contribution >= 4 is 11.9 Å². The molecule has 0 aromatic rings. The molecule has 0 amide bonds. The van der Waals surface area contributed by atoms with Crippen LogP contribution < -0.4 is 11.2 Å². The molecule has 9 heteroatoms. The molecule has 0 bridgehead atoms. The van der Waals surface area contributed by atoms with Crippen LogP contribution in [0.4, 0.5) is 0 Å². The van der Waals surface area contributed by atoms with E-state index in [2.05, 4.69) is 23.4 Å². The molecule has 1 atom stereocenters. The topological polar surface area (TPSA) is 151 Å². The number of hydrogen-bond acceptors (Lipinski definition) is 9. The lowest BCUT2D eigenvalue weighted by Gasteiger charge is -2.34. The zero-order chi connectivity index (χ0) is 34.9. The Hall–Kier alpha value is -1.26. The van der Waals surface area contributed by atoms with E-state index in [4.69, 9.17) is 5.73 Å². The Kier molecular flexibility index (Phi) is 31.1. The van der Waals surface area contributed by atoms with Crippen molar-refractivity contribution in [1.82, 2.24) is 5.48 Å². The fourth-order valence-electron chi connectivity index (χ4n) is 5.83. The van der Waals surface area contributed by atoms with Gasteiger partial charge in [-0.1, -0.05) is 199 Å². The Morgan fingerprint density at radius 3 is 1.02 bits per heavy atom. The van der Waals surface area contributed by atoms with Crippen molar-refractivity contribution in [1.29, 1.82) is 0 Å². The zero-order valence-corrected chi connectivity index (χ0v) is 30.7. The van der Waals surface area contributed by atoms with E-state index in [-0.39, 0.29) is 12.8 Å². The van der Waals surface area contributed by atoms with Crippen LogP contribution in [0, 0.1) is 0 Å². The van der Waals surface area contributed by atoms with E-state index in [0.717, 1.165) is 38.5 Å². The number of carbonyl (C=O) groups excluding carboxylic acids is 2. The minimum Gasteiger partial charge on any atom is -0.412 e. The van der Waals surface area contributed by atoms with Crippen molar-refractivity contribution in [3.63, 3.8) is 0 Å². The molecule has 0 radical (unpaired) electrons. The van der Waals surface area contributed by atoms with Crippen LogP contribution in [0.15, 0.2) is 0 Å². The molecule has 0 spiro atoms. The molecule has 0 aromatic heterocycles. The number of aliphatic hydroxyl groups is 3. The monoisotopic (exact) mass is 673 g/mol. The fraction of sp³-hybridized carbons (Fsp3) is 0.947. The van der Waals surface area contributed by atoms with Crippen LogP contribution in [-0.4, -0.2) is 39.1 Å². The summed E-state index contributed by atoms with van der Waals surface area (Å²) in [6, 6.07) is 0. The Morgan fingerprint density at radius 1 is 0.468 bits per heavy atom. The highest BCUT2D eigenvalue weighted by Crippen LogP contribution is 2.18. The highest BCUT2D eigenvalue weighted by Gasteiger charge is 2.51. The highest BCUT2D eigenvalue weighted by atomic mass is 16.8. The SMILES string of the molecule is CCCCCCCCCCCCCCCCCC(=O)ONC(O)(O)C(N)(O)OC(=O)CCCCCCCCCCCCCCCCC. The van der Waals surface area contributed by atoms with Gasteiger partial charge in [0.2, 0.25) is 0 Å². The maximum atomic E-state index is 12.1. The van der Waals surface area contributed by atoms with Crippen LogP contribution in [0.2, 0.25) is 0 Å². The van der Waals surface area contributed by atoms with E-state index in [0.29, 0.717) is 12.8 Å². The van der Waals surface area contributed by atoms with E-state index in [1.165, 1.54) is 141 Å². The number of esters is 1. The smallest absolute Gasteiger partial charge is 0.343 e. The third-order valence-electron chi connectivity index (χ3n) is 9.05. The summed E-state index contributed by atoms with van der Waals surface area (Å²) in [5, 5.41) is 30.3. The molecule has 6 N–H and O–H groups in total. The molecule has 0 saturated heterocycles. The summed E-state index contributed by atoms with van der Waals surface area (Å²) in [6.45, 7) is 4.50. The summed E-state index contributed by atoms with van der Waals surface area (Å²) in [4.78, 5) is 28.8. The van der Waals surface area contributed by atoms with Crippen molar-refractivity contribution in [3.05, 3.63) is 0 Å². The van der Waals surface area contributed by atoms with Gasteiger partial charge in [0, 0.05) is 12.8 Å². The maximum absolute atomic E-state index is 12.1. The van der Waals surface area contributed by atoms with Crippen LogP contribution in [0.3, 0.4) is 0 Å². The summed E-state index contributed by atoms with van der Waals surface area (Å²) < 4.78 is 4.69. The predicted octanol–water partition coefficient (Wildman–Crippen LogP) is 9.34. The predicted molar refractivity (Wildman–Crippen MR) is 191 cm³/mol. The number of unbranched alkanes of at least 4 members (excludes halogenated alkanes) is 28. The standard InChI is InChI=1S/C38H76N2O7/c1-3-5-7-9-11-13-15-17-19-21-23-25-27-29-31-33-35(41)46-37(39,43)38(44,45)40-47-36(42)34-32-30-28-26-24-22-20-18-16-14-12-10-8-6-4-2/h40,43-45H,3-34,39H2,1-2H3. The molecular formula is C38H76N2O7. The molecule has 0 aliphatic carbocycles. The van der Waals surface area contributed by atoms with Crippen LogP contribution in [0.25, 0.3) is 0 Å². The number of carbonyl (C=O) groups is 2. The largest absolute Gasteiger partial charge is 0.412 e. The lowest BCUT2D eigenvalue weighted by atomic mass is 10.0. The molecule has 0 saturated carbocycles. The summed E-state index contributed by atoms with van der Waals surface area (Å²) in [5.74, 6) is -8.17. The molecule has 0 heterocycles. The maximum Gasteiger partial charge on any atom is 0.343 e. The first-order valence-corrected chi connectivity index (χ1v) is 19.8. The van der Waals surface area contributed by atoms with Crippen LogP contribution >= 0.6 is 0 Å². The second-order valence-corrected chi connectivity index (χ2v) is 13.8. The van der Waals surface area contributed by atoms with E-state index in [9.17, 15) is 24.9 Å². The molecule has 0 rings (SSSR count). The minimum absolute atomic E-state index is 0.0210. The van der Waals surface area contributed by atoms with Gasteiger partial charge in [-0.25, -0.2) is 0 Å². The molecular weight excluding hydrogens is 596 g/mol. The highest BCUT2D eigenvalue weighted by molar-refractivity contribution is 5.70. The Morgan fingerprint density at radius 2 is 0.723 bits per heavy atom. The quantitative estimate of drug-likeness (QED) is 0.0190. The Labute approximate surface area is 288 Å². The summed E-state index contributed by atoms with van der Waals surface area (Å²) in [6.07, 6.45) is 36.2. The second-order valence-electron chi connectivity index (χ2n) is 13.8. The summed E-state index contributed by atoms with van der Waals surface area (Å²) >= 11 is 0. The first-order valence-electron chi connectivity index (χ1n) is 19.8. The first kappa shape index (κ1) is 45.7. The molecule has 1 unspecified atom stereocenters. The van der Waals surface area contributed by atoms with E-state index < -0.39 is 23.8 Å².